The topological polar surface area (TPSA) is 234 Å². The van der Waals surface area contributed by atoms with Crippen LogP contribution < -0.4 is 42.6 Å². The molecule has 0 bridgehead atoms. The Morgan fingerprint density at radius 3 is 1.56 bits per heavy atom. The van der Waals surface area contributed by atoms with Gasteiger partial charge in [0.05, 0.1) is 18.3 Å². The van der Waals surface area contributed by atoms with Gasteiger partial charge in [-0.2, -0.15) is 0 Å². The van der Waals surface area contributed by atoms with Gasteiger partial charge in [-0.05, 0) is 166 Å². The second-order valence-corrected chi connectivity index (χ2v) is 23.7. The third-order valence-corrected chi connectivity index (χ3v) is 17.6. The molecule has 2 aromatic heterocycles. The molecule has 394 valence electrons. The number of nitrogens with one attached hydrogen (secondary N) is 3. The molecule has 8 rings (SSSR count). The monoisotopic (exact) mass is 1030 g/mol. The number of aromatic nitrogens is 2. The van der Waals surface area contributed by atoms with Gasteiger partial charge in [-0.15, -0.1) is 11.3 Å². The second kappa shape index (κ2) is 24.1. The molecule has 2 aliphatic carbocycles. The first-order chi connectivity index (χ1) is 34.7. The van der Waals surface area contributed by atoms with Gasteiger partial charge in [0.15, 0.2) is 11.0 Å². The van der Waals surface area contributed by atoms with Gasteiger partial charge in [0.2, 0.25) is 5.78 Å². The van der Waals surface area contributed by atoms with Crippen molar-refractivity contribution in [2.75, 3.05) is 19.5 Å². The fourth-order valence-electron chi connectivity index (χ4n) is 10.4. The Morgan fingerprint density at radius 1 is 0.658 bits per heavy atom. The van der Waals surface area contributed by atoms with E-state index in [0.29, 0.717) is 67.4 Å². The van der Waals surface area contributed by atoms with E-state index in [1.54, 1.807) is 0 Å². The predicted octanol–water partition coefficient (Wildman–Crippen LogP) is 7.75. The van der Waals surface area contributed by atoms with Crippen molar-refractivity contribution in [1.82, 2.24) is 25.9 Å². The van der Waals surface area contributed by atoms with Gasteiger partial charge >= 0.3 is 156 Å². The van der Waals surface area contributed by atoms with Crippen molar-refractivity contribution in [3.63, 3.8) is 0 Å². The van der Waals surface area contributed by atoms with Crippen LogP contribution in [0.2, 0.25) is 0 Å². The first kappa shape index (κ1) is 55.7. The number of ether oxygens (including phenoxy) is 2. The Kier molecular flexibility index (Phi) is 18.4. The number of aliphatic imine (C=N–C) groups is 2. The maximum absolute atomic E-state index is 13.1. The second-order valence-electron chi connectivity index (χ2n) is 21.5. The van der Waals surface area contributed by atoms with Crippen LogP contribution in [0.25, 0.3) is 0 Å². The van der Waals surface area contributed by atoms with Crippen molar-refractivity contribution in [3.8, 4) is 11.5 Å². The molecule has 73 heavy (non-hydrogen) atoms. The molecule has 18 heteroatoms. The Hall–Kier alpha value is -5.04. The van der Waals surface area contributed by atoms with E-state index < -0.39 is 12.1 Å². The minimum atomic E-state index is -0.530. The molecule has 0 radical (unpaired) electrons. The molecule has 2 atom stereocenters. The van der Waals surface area contributed by atoms with E-state index in [9.17, 15) is 14.3 Å². The van der Waals surface area contributed by atoms with Crippen LogP contribution in [0, 0.1) is 41.5 Å². The Bertz CT molecular complexity index is 2720. The Labute approximate surface area is 441 Å². The van der Waals surface area contributed by atoms with Crippen LogP contribution >= 0.6 is 22.7 Å². The average molecular weight is 1040 g/mol. The van der Waals surface area contributed by atoms with Crippen LogP contribution in [-0.4, -0.2) is 83.4 Å². The fourth-order valence-corrected chi connectivity index (χ4v) is 12.7. The SMILES string of the molecule is Cc1c(C)c2c(c(C)c1CN=C(N)NCCCC(N)C(=O)c1nc3c(s1)CCC3)CCC(C)(C)O2.Cc1c(C)c2c(c(C)c1CN=C(N)NCCCC(NCB=O)C(=O)c1nc3c(s1)CCC3)CCC(C)(C)O2. The summed E-state index contributed by atoms with van der Waals surface area (Å²) in [5, 5.41) is 10.5. The normalized spacial score (nSPS) is 17.1. The van der Waals surface area contributed by atoms with Gasteiger partial charge < -0.3 is 26.3 Å². The van der Waals surface area contributed by atoms with Crippen LogP contribution in [0.4, 0.5) is 0 Å². The molecule has 2 aliphatic heterocycles. The number of aryl methyl sites for hydroxylation is 4. The van der Waals surface area contributed by atoms with E-state index >= 15 is 0 Å². The quantitative estimate of drug-likeness (QED) is 0.0174. The summed E-state index contributed by atoms with van der Waals surface area (Å²) in [4.78, 5) is 46.4. The third-order valence-electron chi connectivity index (χ3n) is 15.3. The minimum Gasteiger partial charge on any atom is -0.487 e. The van der Waals surface area contributed by atoms with Crippen molar-refractivity contribution < 1.29 is 23.8 Å². The summed E-state index contributed by atoms with van der Waals surface area (Å²) in [6.07, 6.45) is 13.0. The zero-order valence-corrected chi connectivity index (χ0v) is 46.7. The van der Waals surface area contributed by atoms with Gasteiger partial charge in [-0.1, -0.05) is 0 Å². The van der Waals surface area contributed by atoms with Crippen molar-refractivity contribution in [2.45, 2.75) is 196 Å². The summed E-state index contributed by atoms with van der Waals surface area (Å²) in [7, 11) is 0.782. The smallest absolute Gasteiger partial charge is 0.104 e. The van der Waals surface area contributed by atoms with E-state index in [2.05, 4.69) is 105 Å². The van der Waals surface area contributed by atoms with E-state index in [0.717, 1.165) is 101 Å². The summed E-state index contributed by atoms with van der Waals surface area (Å²) in [5.74, 6) is 2.79. The van der Waals surface area contributed by atoms with Crippen LogP contribution in [0.3, 0.4) is 0 Å². The third kappa shape index (κ3) is 13.4. The number of hydrogen-bond acceptors (Lipinski definition) is 13. The number of thiazole rings is 2. The standard InChI is InChI=1S/C28H40BN5O3S.C27H39N5O2S/c1-16-17(2)25-19(11-12-28(4,5)37-25)18(3)20(16)14-32-27(30)31-13-7-9-22(33-15-29-36)24(35)26-34-21-8-6-10-23(21)38-26;1-15-16(2)24-18(11-12-27(4,5)34-24)17(3)19(15)14-31-26(29)30-13-7-8-20(28)23(33)25-32-21-9-6-10-22(21)35-25/h22,33H,6-15H2,1-5H3,(H3,30,31,32);20H,6-14,28H2,1-5H3,(H3,29,30,31). The number of ketones is 2. The summed E-state index contributed by atoms with van der Waals surface area (Å²) in [6, 6.07) is -0.973. The zero-order valence-electron chi connectivity index (χ0n) is 45.0. The van der Waals surface area contributed by atoms with Crippen molar-refractivity contribution in [2.24, 2.45) is 27.2 Å². The number of rotatable bonds is 19. The van der Waals surface area contributed by atoms with Crippen molar-refractivity contribution >= 4 is 53.3 Å². The molecule has 0 amide bonds. The summed E-state index contributed by atoms with van der Waals surface area (Å²) in [6.45, 7) is 23.7. The van der Waals surface area contributed by atoms with Gasteiger partial charge in [0.25, 0.3) is 0 Å². The molecule has 2 unspecified atom stereocenters. The molecular weight excluding hydrogens is 956 g/mol. The van der Waals surface area contributed by atoms with Crippen LogP contribution in [0.1, 0.15) is 175 Å². The molecule has 0 fully saturated rings. The molecule has 2 aromatic carbocycles. The number of carbonyl (C=O) groups excluding carboxylic acids is 2. The van der Waals surface area contributed by atoms with E-state index in [-0.39, 0.29) is 29.2 Å². The number of carbonyl (C=O) groups is 2. The van der Waals surface area contributed by atoms with Crippen LogP contribution in [0.15, 0.2) is 9.98 Å². The Balaban J connectivity index is 0.000000214. The first-order valence-corrected chi connectivity index (χ1v) is 28.0. The number of benzene rings is 2. The fraction of sp³-hybridized carbons (Fsp3) is 0.600. The van der Waals surface area contributed by atoms with E-state index in [1.807, 2.05) is 0 Å². The summed E-state index contributed by atoms with van der Waals surface area (Å²) < 4.78 is 23.6. The molecular formula is C55H79BN10O5S2. The first-order valence-electron chi connectivity index (χ1n) is 26.3. The zero-order chi connectivity index (χ0) is 52.8. The number of guanidine groups is 2. The van der Waals surface area contributed by atoms with Gasteiger partial charge in [0, 0.05) is 11.4 Å². The van der Waals surface area contributed by atoms with E-state index in [4.69, 9.17) is 26.7 Å². The summed E-state index contributed by atoms with van der Waals surface area (Å²) in [5.41, 5.74) is 32.7. The number of Topliss-reactive ketones (excluding diaryl/α,β-unsaturated/α-hetero) is 2. The van der Waals surface area contributed by atoms with Gasteiger partial charge in [-0.3, -0.25) is 4.79 Å². The number of nitrogens with two attached hydrogens (primary N) is 3. The molecule has 0 spiro atoms. The molecule has 9 N–H and O–H groups in total. The average Bonchev–Trinajstić information content (AvgIpc) is 4.17. The largest absolute Gasteiger partial charge is 0.487 e. The summed E-state index contributed by atoms with van der Waals surface area (Å²) >= 11 is 3.02. The molecule has 0 saturated heterocycles. The maximum Gasteiger partial charge on any atom is 0.104 e. The predicted molar refractivity (Wildman–Crippen MR) is 296 cm³/mol. The van der Waals surface area contributed by atoms with Crippen molar-refractivity contribution in [1.29, 1.82) is 0 Å². The van der Waals surface area contributed by atoms with Gasteiger partial charge in [0.1, 0.15) is 22.7 Å². The van der Waals surface area contributed by atoms with Crippen LogP contribution in [0.5, 0.6) is 11.5 Å². The Morgan fingerprint density at radius 2 is 1.11 bits per heavy atom. The van der Waals surface area contributed by atoms with Gasteiger partial charge in [-0.25, -0.2) is 9.98 Å². The maximum atomic E-state index is 13.1. The molecule has 4 aromatic rings. The van der Waals surface area contributed by atoms with Crippen molar-refractivity contribution in [3.05, 3.63) is 86.8 Å². The number of nitrogens with zero attached hydrogens (tertiary/aromatic N) is 4. The molecule has 15 nitrogen and oxygen atoms in total. The molecule has 4 heterocycles. The number of fused-ring (bicyclic) bond motifs is 4. The van der Waals surface area contributed by atoms with E-state index in [1.165, 1.54) is 88.1 Å². The number of hydrogen-bond donors (Lipinski definition) is 6. The molecule has 0 saturated carbocycles. The minimum absolute atomic E-state index is 0.0333. The van der Waals surface area contributed by atoms with Crippen LogP contribution in [-0.2, 0) is 56.3 Å². The molecule has 4 aliphatic rings.